The molecule has 2 bridgehead atoms. The number of alkyl halides is 2. The monoisotopic (exact) mass is 625 g/mol. The van der Waals surface area contributed by atoms with Crippen LogP contribution in [0, 0.1) is 11.7 Å². The molecular formula is C29H27ClF3N9O2. The molecule has 0 unspecified atom stereocenters. The third-order valence-corrected chi connectivity index (χ3v) is 8.03. The summed E-state index contributed by atoms with van der Waals surface area (Å²) in [6.07, 6.45) is 4.44. The van der Waals surface area contributed by atoms with Gasteiger partial charge in [-0.25, -0.2) is 18.2 Å². The van der Waals surface area contributed by atoms with Gasteiger partial charge in [0.15, 0.2) is 5.82 Å². The molecule has 0 saturated carbocycles. The van der Waals surface area contributed by atoms with E-state index in [9.17, 15) is 18.4 Å². The van der Waals surface area contributed by atoms with Crippen molar-refractivity contribution in [2.24, 2.45) is 13.0 Å². The minimum absolute atomic E-state index is 0.0402. The Balaban J connectivity index is 1.43. The zero-order valence-electron chi connectivity index (χ0n) is 23.6. The first-order valence-electron chi connectivity index (χ1n) is 13.8. The third kappa shape index (κ3) is 5.42. The molecule has 11 nitrogen and oxygen atoms in total. The van der Waals surface area contributed by atoms with Gasteiger partial charge in [0, 0.05) is 37.0 Å². The molecular weight excluding hydrogens is 599 g/mol. The maximum Gasteiger partial charge on any atom is 0.280 e. The van der Waals surface area contributed by atoms with Crippen molar-refractivity contribution in [2.75, 3.05) is 10.3 Å². The average molecular weight is 626 g/mol. The Bertz CT molecular complexity index is 1840. The quantitative estimate of drug-likeness (QED) is 0.296. The number of hydrogen-bond acceptors (Lipinski definition) is 8. The number of carbonyl (C=O) groups excluding carboxylic acids is 1. The van der Waals surface area contributed by atoms with Crippen LogP contribution in [0.25, 0.3) is 22.5 Å². The Morgan fingerprint density at radius 3 is 2.68 bits per heavy atom. The molecule has 6 rings (SSSR count). The topological polar surface area (TPSA) is 122 Å². The molecule has 0 aliphatic carbocycles. The number of amides is 1. The molecule has 5 heterocycles. The van der Waals surface area contributed by atoms with Gasteiger partial charge in [0.1, 0.15) is 5.70 Å². The second kappa shape index (κ2) is 11.8. The van der Waals surface area contributed by atoms with E-state index in [4.69, 9.17) is 11.6 Å². The van der Waals surface area contributed by atoms with Crippen molar-refractivity contribution in [1.82, 2.24) is 35.3 Å². The standard InChI is InChI=1S/C29H27ClF3N9O2/c1-15-4-3-5-22(18-10-16(8-9-34-18)27-20(37-29(15)44)12-36-40(27)2)41-14-35-19(11-24(41)43)25-23(7-6-17(30)26(25)31)42-13-21(28(32)33)38-39-42/h6-15,22,28,38-39H,3-5H2,1-2H3,(H,37,44)/t15-,22+/m1/s1. The van der Waals surface area contributed by atoms with Gasteiger partial charge in [0.25, 0.3) is 12.0 Å². The number of fused-ring (bicyclic) bond motifs is 4. The van der Waals surface area contributed by atoms with E-state index in [1.54, 1.807) is 30.2 Å². The first kappa shape index (κ1) is 29.4. The van der Waals surface area contributed by atoms with Gasteiger partial charge < -0.3 is 10.7 Å². The summed E-state index contributed by atoms with van der Waals surface area (Å²) in [6.45, 7) is 1.84. The number of carbonyl (C=O) groups is 1. The van der Waals surface area contributed by atoms with Crippen LogP contribution in [-0.4, -0.2) is 36.6 Å². The highest BCUT2D eigenvalue weighted by molar-refractivity contribution is 6.31. The molecule has 1 amide bonds. The lowest BCUT2D eigenvalue weighted by molar-refractivity contribution is -0.119. The van der Waals surface area contributed by atoms with Gasteiger partial charge in [-0.05, 0) is 37.1 Å². The van der Waals surface area contributed by atoms with Crippen LogP contribution in [-0.2, 0) is 11.8 Å². The number of aromatic nitrogens is 5. The number of hydrazine groups is 2. The SMILES string of the molecule is C[C@@H]1CCC[C@H](n2cnc(-c3c(N4C=C(C(F)F)NN4)ccc(Cl)c3F)cc2=O)c2cc(ccn2)-c2c(cnn2C)NC1=O. The number of nitrogens with zero attached hydrogens (tertiary/aromatic N) is 6. The zero-order valence-corrected chi connectivity index (χ0v) is 24.3. The highest BCUT2D eigenvalue weighted by Gasteiger charge is 2.27. The van der Waals surface area contributed by atoms with E-state index in [1.807, 2.05) is 13.0 Å². The zero-order chi connectivity index (χ0) is 31.1. The van der Waals surface area contributed by atoms with Gasteiger partial charge in [0.05, 0.1) is 57.6 Å². The van der Waals surface area contributed by atoms with Crippen molar-refractivity contribution in [3.05, 3.63) is 87.8 Å². The molecule has 2 aliphatic rings. The van der Waals surface area contributed by atoms with Crippen molar-refractivity contribution < 1.29 is 18.0 Å². The van der Waals surface area contributed by atoms with Gasteiger partial charge in [-0.1, -0.05) is 24.9 Å². The summed E-state index contributed by atoms with van der Waals surface area (Å²) in [6, 6.07) is 6.97. The van der Waals surface area contributed by atoms with E-state index in [0.29, 0.717) is 36.3 Å². The van der Waals surface area contributed by atoms with Gasteiger partial charge in [0.2, 0.25) is 5.91 Å². The first-order chi connectivity index (χ1) is 21.1. The van der Waals surface area contributed by atoms with Crippen molar-refractivity contribution in [1.29, 1.82) is 0 Å². The summed E-state index contributed by atoms with van der Waals surface area (Å²) in [5.74, 6) is -1.30. The fourth-order valence-electron chi connectivity index (χ4n) is 5.42. The van der Waals surface area contributed by atoms with E-state index in [0.717, 1.165) is 16.8 Å². The van der Waals surface area contributed by atoms with Crippen LogP contribution >= 0.6 is 11.6 Å². The fraction of sp³-hybridized carbons (Fsp3) is 0.276. The van der Waals surface area contributed by atoms with Gasteiger partial charge in [-0.3, -0.25) is 28.8 Å². The van der Waals surface area contributed by atoms with Gasteiger partial charge >= 0.3 is 0 Å². The van der Waals surface area contributed by atoms with E-state index < -0.39 is 29.5 Å². The lowest BCUT2D eigenvalue weighted by atomic mass is 9.97. The van der Waals surface area contributed by atoms with Crippen molar-refractivity contribution in [3.8, 4) is 22.5 Å². The molecule has 3 aromatic heterocycles. The lowest BCUT2D eigenvalue weighted by Crippen LogP contribution is -2.37. The number of allylic oxidation sites excluding steroid dienone is 1. The van der Waals surface area contributed by atoms with E-state index in [2.05, 4.69) is 31.3 Å². The minimum atomic E-state index is -2.80. The average Bonchev–Trinajstić information content (AvgIpc) is 3.64. The number of anilines is 2. The summed E-state index contributed by atoms with van der Waals surface area (Å²) in [7, 11) is 1.77. The normalized spacial score (nSPS) is 18.7. The second-order valence-electron chi connectivity index (χ2n) is 10.6. The Labute approximate surface area is 254 Å². The molecule has 0 spiro atoms. The predicted octanol–water partition coefficient (Wildman–Crippen LogP) is 4.78. The van der Waals surface area contributed by atoms with Crippen LogP contribution in [0.1, 0.15) is 37.9 Å². The number of rotatable bonds is 4. The Morgan fingerprint density at radius 1 is 1.11 bits per heavy atom. The molecule has 2 aliphatic heterocycles. The summed E-state index contributed by atoms with van der Waals surface area (Å²) in [4.78, 5) is 35.6. The molecule has 2 atom stereocenters. The number of hydrogen-bond donors (Lipinski definition) is 3. The summed E-state index contributed by atoms with van der Waals surface area (Å²) in [5.41, 5.74) is 6.48. The predicted molar refractivity (Wildman–Crippen MR) is 158 cm³/mol. The van der Waals surface area contributed by atoms with Crippen molar-refractivity contribution in [2.45, 2.75) is 38.7 Å². The van der Waals surface area contributed by atoms with E-state index in [1.165, 1.54) is 29.1 Å². The Hall–Kier alpha value is -4.69. The van der Waals surface area contributed by atoms with Crippen LogP contribution in [0.2, 0.25) is 5.02 Å². The smallest absolute Gasteiger partial charge is 0.280 e. The molecule has 228 valence electrons. The van der Waals surface area contributed by atoms with Crippen LogP contribution < -0.4 is 26.8 Å². The Kier molecular flexibility index (Phi) is 7.86. The number of aryl methyl sites for hydroxylation is 1. The van der Waals surface area contributed by atoms with Gasteiger partial charge in [-0.15, -0.1) is 5.53 Å². The number of halogens is 4. The highest BCUT2D eigenvalue weighted by Crippen LogP contribution is 2.37. The van der Waals surface area contributed by atoms with Crippen molar-refractivity contribution in [3.63, 3.8) is 0 Å². The van der Waals surface area contributed by atoms with Crippen LogP contribution in [0.3, 0.4) is 0 Å². The molecule has 0 saturated heterocycles. The van der Waals surface area contributed by atoms with Gasteiger partial charge in [-0.2, -0.15) is 5.10 Å². The largest absolute Gasteiger partial charge is 0.323 e. The van der Waals surface area contributed by atoms with Crippen LogP contribution in [0.15, 0.2) is 65.7 Å². The summed E-state index contributed by atoms with van der Waals surface area (Å²) >= 11 is 6.08. The Morgan fingerprint density at radius 2 is 1.93 bits per heavy atom. The molecule has 15 heteroatoms. The molecule has 3 N–H and O–H groups in total. The molecule has 0 radical (unpaired) electrons. The third-order valence-electron chi connectivity index (χ3n) is 7.74. The second-order valence-corrected chi connectivity index (χ2v) is 11.0. The summed E-state index contributed by atoms with van der Waals surface area (Å²) < 4.78 is 45.0. The van der Waals surface area contributed by atoms with E-state index >= 15 is 4.39 Å². The van der Waals surface area contributed by atoms with Crippen LogP contribution in [0.4, 0.5) is 24.5 Å². The number of nitrogens with one attached hydrogen (secondary N) is 3. The lowest BCUT2D eigenvalue weighted by Gasteiger charge is -2.23. The maximum atomic E-state index is 15.5. The summed E-state index contributed by atoms with van der Waals surface area (Å²) in [5, 5.41) is 8.22. The van der Waals surface area contributed by atoms with E-state index in [-0.39, 0.29) is 33.8 Å². The highest BCUT2D eigenvalue weighted by atomic mass is 35.5. The molecule has 4 aromatic rings. The first-order valence-corrected chi connectivity index (χ1v) is 14.2. The molecule has 0 fully saturated rings. The fourth-order valence-corrected chi connectivity index (χ4v) is 5.58. The minimum Gasteiger partial charge on any atom is -0.323 e. The maximum absolute atomic E-state index is 15.5. The molecule has 1 aromatic carbocycles. The molecule has 44 heavy (non-hydrogen) atoms. The number of benzene rings is 1. The number of pyridine rings is 1. The van der Waals surface area contributed by atoms with Crippen LogP contribution in [0.5, 0.6) is 0 Å². The van der Waals surface area contributed by atoms with Crippen molar-refractivity contribution >= 4 is 28.9 Å².